The third-order valence-electron chi connectivity index (χ3n) is 2.37. The van der Waals surface area contributed by atoms with Gasteiger partial charge in [-0.3, -0.25) is 0 Å². The number of nitrogens with zero attached hydrogens (tertiary/aromatic N) is 3. The van der Waals surface area contributed by atoms with E-state index in [-0.39, 0.29) is 6.04 Å². The molecule has 2 heterocycles. The first-order valence-electron chi connectivity index (χ1n) is 5.39. The fourth-order valence-electron chi connectivity index (χ4n) is 1.45. The van der Waals surface area contributed by atoms with E-state index in [9.17, 15) is 0 Å². The maximum absolute atomic E-state index is 5.80. The number of hydrogen-bond donors (Lipinski definition) is 1. The molecule has 4 nitrogen and oxygen atoms in total. The Kier molecular flexibility index (Phi) is 3.76. The predicted octanol–water partition coefficient (Wildman–Crippen LogP) is 2.56. The van der Waals surface area contributed by atoms with Gasteiger partial charge in [-0.25, -0.2) is 9.97 Å². The van der Waals surface area contributed by atoms with E-state index in [1.807, 2.05) is 26.3 Å². The second-order valence-electron chi connectivity index (χ2n) is 4.06. The van der Waals surface area contributed by atoms with Gasteiger partial charge in [0.1, 0.15) is 0 Å². The predicted molar refractivity (Wildman–Crippen MR) is 73.7 cm³/mol. The zero-order valence-electron chi connectivity index (χ0n) is 10.2. The first kappa shape index (κ1) is 12.5. The molecule has 1 atom stereocenters. The van der Waals surface area contributed by atoms with Gasteiger partial charge in [-0.1, -0.05) is 0 Å². The highest BCUT2D eigenvalue weighted by Gasteiger charge is 2.10. The van der Waals surface area contributed by atoms with Crippen LogP contribution in [-0.2, 0) is 6.54 Å². The van der Waals surface area contributed by atoms with Crippen LogP contribution in [0, 0.1) is 6.92 Å². The van der Waals surface area contributed by atoms with Gasteiger partial charge in [0.15, 0.2) is 5.13 Å². The van der Waals surface area contributed by atoms with Crippen LogP contribution in [-0.4, -0.2) is 17.0 Å². The number of hydrogen-bond acceptors (Lipinski definition) is 6. The molecule has 0 aliphatic rings. The third-order valence-corrected chi connectivity index (χ3v) is 4.16. The Morgan fingerprint density at radius 1 is 1.35 bits per heavy atom. The minimum Gasteiger partial charge on any atom is -0.345 e. The fraction of sp³-hybridized carbons (Fsp3) is 0.455. The Labute approximate surface area is 109 Å². The number of anilines is 1. The number of rotatable bonds is 4. The van der Waals surface area contributed by atoms with Crippen molar-refractivity contribution in [3.63, 3.8) is 0 Å². The Morgan fingerprint density at radius 2 is 2.12 bits per heavy atom. The summed E-state index contributed by atoms with van der Waals surface area (Å²) in [6.45, 7) is 4.75. The molecule has 0 aliphatic heterocycles. The Morgan fingerprint density at radius 3 is 2.65 bits per heavy atom. The van der Waals surface area contributed by atoms with E-state index in [1.54, 1.807) is 22.7 Å². The van der Waals surface area contributed by atoms with E-state index < -0.39 is 0 Å². The highest BCUT2D eigenvalue weighted by molar-refractivity contribution is 7.13. The van der Waals surface area contributed by atoms with Crippen molar-refractivity contribution < 1.29 is 0 Å². The summed E-state index contributed by atoms with van der Waals surface area (Å²) < 4.78 is 0. The van der Waals surface area contributed by atoms with E-state index in [0.717, 1.165) is 28.1 Å². The molecule has 1 unspecified atom stereocenters. The highest BCUT2D eigenvalue weighted by Crippen LogP contribution is 2.23. The molecule has 0 aliphatic carbocycles. The van der Waals surface area contributed by atoms with E-state index in [0.29, 0.717) is 0 Å². The lowest BCUT2D eigenvalue weighted by atomic mass is 10.3. The summed E-state index contributed by atoms with van der Waals surface area (Å²) in [4.78, 5) is 11.1. The molecule has 0 aromatic carbocycles. The van der Waals surface area contributed by atoms with Crippen LogP contribution >= 0.6 is 22.7 Å². The van der Waals surface area contributed by atoms with Crippen molar-refractivity contribution >= 4 is 27.8 Å². The number of nitrogens with two attached hydrogens (primary N) is 1. The lowest BCUT2D eigenvalue weighted by Crippen LogP contribution is -2.16. The van der Waals surface area contributed by atoms with Crippen molar-refractivity contribution in [2.45, 2.75) is 26.4 Å². The largest absolute Gasteiger partial charge is 0.345 e. The normalized spacial score (nSPS) is 12.7. The van der Waals surface area contributed by atoms with Crippen molar-refractivity contribution in [1.29, 1.82) is 0 Å². The first-order chi connectivity index (χ1) is 8.06. The van der Waals surface area contributed by atoms with Gasteiger partial charge in [-0.2, -0.15) is 0 Å². The van der Waals surface area contributed by atoms with Gasteiger partial charge in [0.05, 0.1) is 22.9 Å². The highest BCUT2D eigenvalue weighted by atomic mass is 32.1. The molecule has 2 N–H and O–H groups in total. The molecule has 2 aromatic rings. The molecular formula is C11H16N4S2. The Balaban J connectivity index is 2.06. The lowest BCUT2D eigenvalue weighted by Gasteiger charge is -2.13. The van der Waals surface area contributed by atoms with Crippen molar-refractivity contribution in [3.8, 4) is 0 Å². The summed E-state index contributed by atoms with van der Waals surface area (Å²) in [5, 5.41) is 6.20. The molecule has 17 heavy (non-hydrogen) atoms. The molecule has 0 amide bonds. The molecule has 0 spiro atoms. The van der Waals surface area contributed by atoms with E-state index in [2.05, 4.69) is 20.2 Å². The summed E-state index contributed by atoms with van der Waals surface area (Å²) in [6.07, 6.45) is 0. The summed E-state index contributed by atoms with van der Waals surface area (Å²) >= 11 is 3.30. The first-order valence-corrected chi connectivity index (χ1v) is 7.15. The van der Waals surface area contributed by atoms with Crippen molar-refractivity contribution in [2.75, 3.05) is 11.9 Å². The van der Waals surface area contributed by atoms with Gasteiger partial charge in [-0.05, 0) is 13.8 Å². The quantitative estimate of drug-likeness (QED) is 0.926. The summed E-state index contributed by atoms with van der Waals surface area (Å²) in [5.74, 6) is 0. The van der Waals surface area contributed by atoms with Gasteiger partial charge >= 0.3 is 0 Å². The number of thiazole rings is 2. The molecule has 0 bridgehead atoms. The van der Waals surface area contributed by atoms with Crippen LogP contribution in [0.4, 0.5) is 5.13 Å². The van der Waals surface area contributed by atoms with Gasteiger partial charge in [0, 0.05) is 23.8 Å². The second-order valence-corrected chi connectivity index (χ2v) is 5.96. The average molecular weight is 268 g/mol. The minimum absolute atomic E-state index is 0.00471. The van der Waals surface area contributed by atoms with E-state index in [4.69, 9.17) is 5.73 Å². The maximum atomic E-state index is 5.80. The van der Waals surface area contributed by atoms with E-state index in [1.165, 1.54) is 0 Å². The van der Waals surface area contributed by atoms with Crippen LogP contribution in [0.1, 0.15) is 29.4 Å². The smallest absolute Gasteiger partial charge is 0.185 e. The van der Waals surface area contributed by atoms with Gasteiger partial charge in [0.25, 0.3) is 0 Å². The SMILES string of the molecule is Cc1nc(CN(C)c2nc(C(C)N)cs2)cs1. The molecule has 2 rings (SSSR count). The molecule has 92 valence electrons. The van der Waals surface area contributed by atoms with Crippen LogP contribution < -0.4 is 10.6 Å². The van der Waals surface area contributed by atoms with Crippen LogP contribution in [0.5, 0.6) is 0 Å². The Bertz CT molecular complexity index is 489. The zero-order valence-corrected chi connectivity index (χ0v) is 11.8. The van der Waals surface area contributed by atoms with Gasteiger partial charge < -0.3 is 10.6 Å². The standard InChI is InChI=1S/C11H16N4S2/c1-7(12)10-6-17-11(14-10)15(3)4-9-5-16-8(2)13-9/h5-7H,4,12H2,1-3H3. The third kappa shape index (κ3) is 3.02. The molecule has 0 fully saturated rings. The van der Waals surface area contributed by atoms with Crippen LogP contribution in [0.2, 0.25) is 0 Å². The van der Waals surface area contributed by atoms with Crippen molar-refractivity contribution in [3.05, 3.63) is 27.2 Å². The summed E-state index contributed by atoms with van der Waals surface area (Å²) in [7, 11) is 2.03. The molecule has 0 radical (unpaired) electrons. The topological polar surface area (TPSA) is 55.0 Å². The number of aromatic nitrogens is 2. The zero-order chi connectivity index (χ0) is 12.4. The maximum Gasteiger partial charge on any atom is 0.185 e. The van der Waals surface area contributed by atoms with Crippen LogP contribution in [0.3, 0.4) is 0 Å². The molecule has 0 saturated heterocycles. The monoisotopic (exact) mass is 268 g/mol. The summed E-state index contributed by atoms with van der Waals surface area (Å²) in [6, 6.07) is -0.00471. The van der Waals surface area contributed by atoms with Gasteiger partial charge in [0.2, 0.25) is 0 Å². The molecular weight excluding hydrogens is 252 g/mol. The van der Waals surface area contributed by atoms with E-state index >= 15 is 0 Å². The Hall–Kier alpha value is -0.980. The average Bonchev–Trinajstić information content (AvgIpc) is 2.86. The van der Waals surface area contributed by atoms with Gasteiger partial charge in [-0.15, -0.1) is 22.7 Å². The van der Waals surface area contributed by atoms with Crippen LogP contribution in [0.15, 0.2) is 10.8 Å². The van der Waals surface area contributed by atoms with Crippen LogP contribution in [0.25, 0.3) is 0 Å². The molecule has 6 heteroatoms. The van der Waals surface area contributed by atoms with Crippen molar-refractivity contribution in [2.24, 2.45) is 5.73 Å². The number of aryl methyl sites for hydroxylation is 1. The second kappa shape index (κ2) is 5.12. The fourth-order valence-corrected chi connectivity index (χ4v) is 2.95. The molecule has 2 aromatic heterocycles. The lowest BCUT2D eigenvalue weighted by molar-refractivity contribution is 0.782. The minimum atomic E-state index is -0.00471. The van der Waals surface area contributed by atoms with Crippen molar-refractivity contribution in [1.82, 2.24) is 9.97 Å². The summed E-state index contributed by atoms with van der Waals surface area (Å²) in [5.41, 5.74) is 7.84. The molecule has 0 saturated carbocycles.